The Morgan fingerprint density at radius 3 is 2.61 bits per heavy atom. The molecule has 4 heteroatoms. The monoisotopic (exact) mass is 346 g/mol. The van der Waals surface area contributed by atoms with Gasteiger partial charge in [0.05, 0.1) is 5.38 Å². The van der Waals surface area contributed by atoms with E-state index in [1.54, 1.807) is 6.07 Å². The lowest BCUT2D eigenvalue weighted by Gasteiger charge is -2.13. The maximum Gasteiger partial charge on any atom is 0.123 e. The van der Waals surface area contributed by atoms with Gasteiger partial charge in [-0.3, -0.25) is 0 Å². The smallest absolute Gasteiger partial charge is 0.123 e. The topological polar surface area (TPSA) is 0 Å². The van der Waals surface area contributed by atoms with Crippen LogP contribution < -0.4 is 0 Å². The first-order valence-corrected chi connectivity index (χ1v) is 7.01. The van der Waals surface area contributed by atoms with E-state index in [4.69, 9.17) is 23.2 Å². The Morgan fingerprint density at radius 2 is 1.89 bits per heavy atom. The van der Waals surface area contributed by atoms with E-state index < -0.39 is 0 Å². The van der Waals surface area contributed by atoms with Gasteiger partial charge in [-0.15, -0.1) is 11.6 Å². The summed E-state index contributed by atoms with van der Waals surface area (Å²) in [5.41, 5.74) is 1.69. The van der Waals surface area contributed by atoms with Crippen LogP contribution in [-0.2, 0) is 6.42 Å². The lowest BCUT2D eigenvalue weighted by atomic mass is 10.0. The quantitative estimate of drug-likeness (QED) is 0.619. The van der Waals surface area contributed by atoms with E-state index in [9.17, 15) is 4.39 Å². The third-order valence-electron chi connectivity index (χ3n) is 2.65. The summed E-state index contributed by atoms with van der Waals surface area (Å²) < 4.78 is 14.0. The van der Waals surface area contributed by atoms with Crippen LogP contribution in [-0.4, -0.2) is 0 Å². The van der Waals surface area contributed by atoms with E-state index in [-0.39, 0.29) is 11.2 Å². The van der Waals surface area contributed by atoms with E-state index in [0.717, 1.165) is 15.6 Å². The Hall–Kier alpha value is -0.570. The maximum absolute atomic E-state index is 13.2. The van der Waals surface area contributed by atoms with Gasteiger partial charge >= 0.3 is 0 Å². The second kappa shape index (κ2) is 6.05. The lowest BCUT2D eigenvalue weighted by Crippen LogP contribution is -1.98. The van der Waals surface area contributed by atoms with Crippen LogP contribution in [0.4, 0.5) is 4.39 Å². The predicted octanol–water partition coefficient (Wildman–Crippen LogP) is 5.76. The van der Waals surface area contributed by atoms with Gasteiger partial charge < -0.3 is 0 Å². The second-order valence-corrected chi connectivity index (χ2v) is 5.72. The van der Waals surface area contributed by atoms with Crippen LogP contribution in [0.25, 0.3) is 0 Å². The molecule has 0 heterocycles. The Balaban J connectivity index is 2.25. The van der Waals surface area contributed by atoms with Crippen molar-refractivity contribution < 1.29 is 4.39 Å². The molecular weight excluding hydrogens is 338 g/mol. The number of benzene rings is 2. The first-order valence-electron chi connectivity index (χ1n) is 5.40. The zero-order valence-electron chi connectivity index (χ0n) is 9.34. The van der Waals surface area contributed by atoms with Gasteiger partial charge in [0.25, 0.3) is 0 Å². The molecule has 0 fully saturated rings. The molecule has 0 bridgehead atoms. The molecule has 2 aromatic carbocycles. The summed E-state index contributed by atoms with van der Waals surface area (Å²) in [5.74, 6) is -0.294. The lowest BCUT2D eigenvalue weighted by molar-refractivity contribution is 0.624. The average molecular weight is 348 g/mol. The average Bonchev–Trinajstić information content (AvgIpc) is 2.35. The zero-order chi connectivity index (χ0) is 13.1. The molecule has 18 heavy (non-hydrogen) atoms. The van der Waals surface area contributed by atoms with Crippen molar-refractivity contribution in [3.05, 3.63) is 68.9 Å². The second-order valence-electron chi connectivity index (χ2n) is 3.93. The minimum Gasteiger partial charge on any atom is -0.207 e. The van der Waals surface area contributed by atoms with Crippen molar-refractivity contribution in [2.75, 3.05) is 0 Å². The molecule has 1 atom stereocenters. The van der Waals surface area contributed by atoms with Crippen LogP contribution in [0, 0.1) is 5.82 Å². The molecule has 0 amide bonds. The number of rotatable bonds is 3. The van der Waals surface area contributed by atoms with Crippen LogP contribution in [0.15, 0.2) is 46.9 Å². The number of hydrogen-bond acceptors (Lipinski definition) is 0. The third kappa shape index (κ3) is 3.25. The van der Waals surface area contributed by atoms with Crippen molar-refractivity contribution >= 4 is 39.1 Å². The van der Waals surface area contributed by atoms with Crippen molar-refractivity contribution in [1.82, 2.24) is 0 Å². The highest BCUT2D eigenvalue weighted by Gasteiger charge is 2.14. The van der Waals surface area contributed by atoms with Gasteiger partial charge in [0.1, 0.15) is 5.82 Å². The number of halogens is 4. The van der Waals surface area contributed by atoms with Gasteiger partial charge in [0.15, 0.2) is 0 Å². The molecular formula is C14H10BrCl2F. The van der Waals surface area contributed by atoms with E-state index in [2.05, 4.69) is 15.9 Å². The molecule has 1 unspecified atom stereocenters. The first kappa shape index (κ1) is 13.9. The maximum atomic E-state index is 13.2. The molecule has 0 spiro atoms. The van der Waals surface area contributed by atoms with Gasteiger partial charge in [-0.25, -0.2) is 4.39 Å². The van der Waals surface area contributed by atoms with Gasteiger partial charge in [-0.2, -0.15) is 0 Å². The highest BCUT2D eigenvalue weighted by atomic mass is 79.9. The highest BCUT2D eigenvalue weighted by Crippen LogP contribution is 2.33. The molecule has 94 valence electrons. The van der Waals surface area contributed by atoms with Crippen molar-refractivity contribution in [2.45, 2.75) is 11.8 Å². The molecule has 2 aromatic rings. The van der Waals surface area contributed by atoms with E-state index in [0.29, 0.717) is 11.4 Å². The predicted molar refractivity (Wildman–Crippen MR) is 77.9 cm³/mol. The molecule has 0 aromatic heterocycles. The number of alkyl halides is 1. The normalized spacial score (nSPS) is 12.4. The fraction of sp³-hybridized carbons (Fsp3) is 0.143. The summed E-state index contributed by atoms with van der Waals surface area (Å²) in [7, 11) is 0. The van der Waals surface area contributed by atoms with E-state index in [1.807, 2.05) is 24.3 Å². The van der Waals surface area contributed by atoms with Gasteiger partial charge in [0, 0.05) is 9.50 Å². The summed E-state index contributed by atoms with van der Waals surface area (Å²) in [6, 6.07) is 12.0. The standard InChI is InChI=1S/C14H10BrCl2F/c15-12-6-5-10(18)8-11(12)14(17)7-9-3-1-2-4-13(9)16/h1-6,8,14H,7H2. The minimum atomic E-state index is -0.324. The summed E-state index contributed by atoms with van der Waals surface area (Å²) in [5, 5.41) is 0.352. The summed E-state index contributed by atoms with van der Waals surface area (Å²) in [4.78, 5) is 0. The summed E-state index contributed by atoms with van der Waals surface area (Å²) >= 11 is 15.8. The van der Waals surface area contributed by atoms with Gasteiger partial charge in [0.2, 0.25) is 0 Å². The van der Waals surface area contributed by atoms with Crippen LogP contribution in [0.1, 0.15) is 16.5 Å². The SMILES string of the molecule is Fc1ccc(Br)c(C(Cl)Cc2ccccc2Cl)c1. The van der Waals surface area contributed by atoms with Gasteiger partial charge in [-0.05, 0) is 41.8 Å². The Labute approximate surface area is 124 Å². The Morgan fingerprint density at radius 1 is 1.17 bits per heavy atom. The molecule has 0 nitrogen and oxygen atoms in total. The van der Waals surface area contributed by atoms with Crippen molar-refractivity contribution in [3.63, 3.8) is 0 Å². The molecule has 0 N–H and O–H groups in total. The molecule has 0 saturated heterocycles. The first-order chi connectivity index (χ1) is 8.58. The largest absolute Gasteiger partial charge is 0.207 e. The van der Waals surface area contributed by atoms with Crippen LogP contribution in [0.3, 0.4) is 0 Å². The minimum absolute atomic E-state index is 0.294. The van der Waals surface area contributed by atoms with Crippen LogP contribution in [0.2, 0.25) is 5.02 Å². The molecule has 0 aliphatic rings. The third-order valence-corrected chi connectivity index (χ3v) is 4.13. The Kier molecular flexibility index (Phi) is 4.66. The summed E-state index contributed by atoms with van der Waals surface area (Å²) in [6.45, 7) is 0. The van der Waals surface area contributed by atoms with E-state index >= 15 is 0 Å². The molecule has 0 radical (unpaired) electrons. The van der Waals surface area contributed by atoms with Crippen LogP contribution >= 0.6 is 39.1 Å². The Bertz CT molecular complexity index is 557. The fourth-order valence-electron chi connectivity index (χ4n) is 1.72. The summed E-state index contributed by atoms with van der Waals surface area (Å²) in [6.07, 6.45) is 0.559. The number of hydrogen-bond donors (Lipinski definition) is 0. The van der Waals surface area contributed by atoms with Gasteiger partial charge in [-0.1, -0.05) is 45.7 Å². The molecule has 2 rings (SSSR count). The van der Waals surface area contributed by atoms with Crippen molar-refractivity contribution in [3.8, 4) is 0 Å². The molecule has 0 saturated carbocycles. The van der Waals surface area contributed by atoms with E-state index in [1.165, 1.54) is 12.1 Å². The van der Waals surface area contributed by atoms with Crippen molar-refractivity contribution in [1.29, 1.82) is 0 Å². The van der Waals surface area contributed by atoms with Crippen LogP contribution in [0.5, 0.6) is 0 Å². The molecule has 0 aliphatic carbocycles. The zero-order valence-corrected chi connectivity index (χ0v) is 12.4. The highest BCUT2D eigenvalue weighted by molar-refractivity contribution is 9.10. The molecule has 0 aliphatic heterocycles. The fourth-order valence-corrected chi connectivity index (χ4v) is 2.94. The van der Waals surface area contributed by atoms with Crippen molar-refractivity contribution in [2.24, 2.45) is 0 Å².